The van der Waals surface area contributed by atoms with Crippen LogP contribution in [0.1, 0.15) is 30.9 Å². The standard InChI is InChI=1S/C12H12F3O/c1-4-9-5-10(8(2)3)7-11(6-9)16-12(13,14)15/h5-8H,1H2,2-3H3. The summed E-state index contributed by atoms with van der Waals surface area (Å²) in [6.07, 6.45) is -2.12. The van der Waals surface area contributed by atoms with Gasteiger partial charge in [0.2, 0.25) is 0 Å². The largest absolute Gasteiger partial charge is 0.573 e. The maximum Gasteiger partial charge on any atom is 0.573 e. The van der Waals surface area contributed by atoms with E-state index in [0.29, 0.717) is 5.56 Å². The minimum atomic E-state index is -4.67. The third-order valence-corrected chi connectivity index (χ3v) is 2.03. The van der Waals surface area contributed by atoms with Gasteiger partial charge in [-0.15, -0.1) is 13.2 Å². The van der Waals surface area contributed by atoms with Crippen molar-refractivity contribution in [3.63, 3.8) is 0 Å². The molecule has 0 spiro atoms. The van der Waals surface area contributed by atoms with Crippen LogP contribution in [0, 0.1) is 6.08 Å². The normalized spacial score (nSPS) is 11.6. The van der Waals surface area contributed by atoms with Gasteiger partial charge in [-0.2, -0.15) is 0 Å². The number of rotatable bonds is 3. The average Bonchev–Trinajstić information content (AvgIpc) is 2.14. The molecule has 0 unspecified atom stereocenters. The number of ether oxygens (including phenoxy) is 1. The summed E-state index contributed by atoms with van der Waals surface area (Å²) in [6.45, 7) is 7.18. The Balaban J connectivity index is 3.09. The van der Waals surface area contributed by atoms with Crippen LogP contribution in [0.15, 0.2) is 24.8 Å². The summed E-state index contributed by atoms with van der Waals surface area (Å²) in [6, 6.07) is 4.37. The summed E-state index contributed by atoms with van der Waals surface area (Å²) in [5.74, 6) is -0.117. The maximum atomic E-state index is 12.1. The molecule has 0 saturated heterocycles. The molecule has 0 aliphatic heterocycles. The molecular weight excluding hydrogens is 217 g/mol. The van der Waals surface area contributed by atoms with Crippen LogP contribution < -0.4 is 4.74 Å². The van der Waals surface area contributed by atoms with E-state index < -0.39 is 6.36 Å². The molecule has 0 fully saturated rings. The van der Waals surface area contributed by atoms with E-state index in [1.807, 2.05) is 13.8 Å². The Hall–Kier alpha value is -1.45. The Morgan fingerprint density at radius 2 is 1.88 bits per heavy atom. The number of alkyl halides is 3. The van der Waals surface area contributed by atoms with Gasteiger partial charge < -0.3 is 4.74 Å². The third kappa shape index (κ3) is 3.61. The van der Waals surface area contributed by atoms with E-state index in [4.69, 9.17) is 0 Å². The van der Waals surface area contributed by atoms with Gasteiger partial charge in [-0.05, 0) is 35.3 Å². The third-order valence-electron chi connectivity index (χ3n) is 2.03. The van der Waals surface area contributed by atoms with E-state index in [9.17, 15) is 13.2 Å². The Morgan fingerprint density at radius 1 is 1.25 bits per heavy atom. The molecule has 0 aromatic heterocycles. The lowest BCUT2D eigenvalue weighted by molar-refractivity contribution is -0.274. The molecular formula is C12H12F3O. The molecule has 1 aromatic carbocycles. The molecule has 1 rings (SSSR count). The molecule has 4 heteroatoms. The highest BCUT2D eigenvalue weighted by Crippen LogP contribution is 2.27. The smallest absolute Gasteiger partial charge is 0.406 e. The van der Waals surface area contributed by atoms with Crippen LogP contribution in [0.5, 0.6) is 5.75 Å². The highest BCUT2D eigenvalue weighted by atomic mass is 19.4. The molecule has 0 aliphatic carbocycles. The van der Waals surface area contributed by atoms with E-state index in [-0.39, 0.29) is 11.7 Å². The molecule has 0 N–H and O–H groups in total. The van der Waals surface area contributed by atoms with Gasteiger partial charge in [-0.1, -0.05) is 26.5 Å². The summed E-state index contributed by atoms with van der Waals surface area (Å²) in [5, 5.41) is 0. The van der Waals surface area contributed by atoms with E-state index in [1.165, 1.54) is 12.1 Å². The predicted molar refractivity (Wildman–Crippen MR) is 55.2 cm³/mol. The van der Waals surface area contributed by atoms with Crippen molar-refractivity contribution in [2.45, 2.75) is 26.1 Å². The monoisotopic (exact) mass is 229 g/mol. The average molecular weight is 229 g/mol. The van der Waals surface area contributed by atoms with Gasteiger partial charge in [-0.25, -0.2) is 0 Å². The molecule has 0 bridgehead atoms. The summed E-state index contributed by atoms with van der Waals surface area (Å²) >= 11 is 0. The van der Waals surface area contributed by atoms with Crippen LogP contribution in [-0.4, -0.2) is 6.36 Å². The topological polar surface area (TPSA) is 9.23 Å². The molecule has 0 aliphatic rings. The zero-order valence-electron chi connectivity index (χ0n) is 9.06. The molecule has 0 amide bonds. The Kier molecular flexibility index (Phi) is 3.62. The van der Waals surface area contributed by atoms with Crippen molar-refractivity contribution >= 4 is 0 Å². The molecule has 0 saturated carbocycles. The SMILES string of the molecule is C=[C]c1cc(OC(F)(F)F)cc(C(C)C)c1. The van der Waals surface area contributed by atoms with Gasteiger partial charge in [0.1, 0.15) is 5.75 Å². The van der Waals surface area contributed by atoms with Crippen LogP contribution >= 0.6 is 0 Å². The van der Waals surface area contributed by atoms with Crippen molar-refractivity contribution in [1.29, 1.82) is 0 Å². The van der Waals surface area contributed by atoms with Gasteiger partial charge in [0.15, 0.2) is 0 Å². The fraction of sp³-hybridized carbons (Fsp3) is 0.333. The lowest BCUT2D eigenvalue weighted by Crippen LogP contribution is -2.17. The molecule has 1 radical (unpaired) electrons. The molecule has 1 aromatic rings. The minimum absolute atomic E-state index is 0.115. The first kappa shape index (κ1) is 12.6. The zero-order chi connectivity index (χ0) is 12.3. The van der Waals surface area contributed by atoms with E-state index >= 15 is 0 Å². The van der Waals surface area contributed by atoms with Crippen molar-refractivity contribution in [3.8, 4) is 5.75 Å². The van der Waals surface area contributed by atoms with Crippen LogP contribution in [0.3, 0.4) is 0 Å². The Morgan fingerprint density at radius 3 is 2.31 bits per heavy atom. The first-order valence-corrected chi connectivity index (χ1v) is 4.75. The van der Waals surface area contributed by atoms with E-state index in [0.717, 1.165) is 5.56 Å². The second-order valence-corrected chi connectivity index (χ2v) is 3.67. The molecule has 0 heterocycles. The molecule has 16 heavy (non-hydrogen) atoms. The Labute approximate surface area is 92.5 Å². The second-order valence-electron chi connectivity index (χ2n) is 3.67. The van der Waals surface area contributed by atoms with Gasteiger partial charge in [0.25, 0.3) is 0 Å². The first-order valence-electron chi connectivity index (χ1n) is 4.75. The lowest BCUT2D eigenvalue weighted by Gasteiger charge is -2.13. The number of benzene rings is 1. The van der Waals surface area contributed by atoms with Gasteiger partial charge in [-0.3, -0.25) is 0 Å². The van der Waals surface area contributed by atoms with Crippen molar-refractivity contribution in [2.75, 3.05) is 0 Å². The van der Waals surface area contributed by atoms with Crippen molar-refractivity contribution < 1.29 is 17.9 Å². The number of hydrogen-bond acceptors (Lipinski definition) is 1. The Bertz CT molecular complexity index is 380. The van der Waals surface area contributed by atoms with Crippen molar-refractivity contribution in [3.05, 3.63) is 42.0 Å². The number of halogens is 3. The van der Waals surface area contributed by atoms with Crippen molar-refractivity contribution in [2.24, 2.45) is 0 Å². The summed E-state index contributed by atoms with van der Waals surface area (Å²) in [4.78, 5) is 0. The van der Waals surface area contributed by atoms with Crippen LogP contribution in [0.4, 0.5) is 13.2 Å². The summed E-state index contributed by atoms with van der Waals surface area (Å²) in [5.41, 5.74) is 1.25. The predicted octanol–water partition coefficient (Wildman–Crippen LogP) is 4.05. The highest BCUT2D eigenvalue weighted by molar-refractivity contribution is 5.38. The fourth-order valence-corrected chi connectivity index (χ4v) is 1.25. The highest BCUT2D eigenvalue weighted by Gasteiger charge is 2.31. The zero-order valence-corrected chi connectivity index (χ0v) is 9.06. The van der Waals surface area contributed by atoms with Crippen LogP contribution in [-0.2, 0) is 0 Å². The number of hydrogen-bond donors (Lipinski definition) is 0. The molecule has 1 nitrogen and oxygen atoms in total. The summed E-state index contributed by atoms with van der Waals surface area (Å²) in [7, 11) is 0. The minimum Gasteiger partial charge on any atom is -0.406 e. The van der Waals surface area contributed by atoms with Gasteiger partial charge in [0, 0.05) is 0 Å². The van der Waals surface area contributed by atoms with Crippen LogP contribution in [0.2, 0.25) is 0 Å². The summed E-state index contributed by atoms with van der Waals surface area (Å²) < 4.78 is 40.0. The van der Waals surface area contributed by atoms with E-state index in [1.54, 1.807) is 6.07 Å². The van der Waals surface area contributed by atoms with E-state index in [2.05, 4.69) is 17.4 Å². The fourth-order valence-electron chi connectivity index (χ4n) is 1.25. The maximum absolute atomic E-state index is 12.1. The molecule has 87 valence electrons. The molecule has 0 atom stereocenters. The van der Waals surface area contributed by atoms with Crippen molar-refractivity contribution in [1.82, 2.24) is 0 Å². The second kappa shape index (κ2) is 4.60. The lowest BCUT2D eigenvalue weighted by atomic mass is 10.0. The van der Waals surface area contributed by atoms with Gasteiger partial charge >= 0.3 is 6.36 Å². The van der Waals surface area contributed by atoms with Gasteiger partial charge in [0.05, 0.1) is 0 Å². The van der Waals surface area contributed by atoms with Crippen LogP contribution in [0.25, 0.3) is 0 Å². The quantitative estimate of drug-likeness (QED) is 0.759. The first-order chi connectivity index (χ1) is 7.31.